The Kier molecular flexibility index (Phi) is 5.24. The average Bonchev–Trinajstić information content (AvgIpc) is 2.95. The molecule has 0 radical (unpaired) electrons. The molecule has 0 heterocycles. The largest absolute Gasteiger partial charge is 0.379 e. The second-order valence-corrected chi connectivity index (χ2v) is 6.82. The molecule has 1 saturated carbocycles. The van der Waals surface area contributed by atoms with Gasteiger partial charge < -0.3 is 20.4 Å². The first-order valence-electron chi connectivity index (χ1n) is 8.00. The van der Waals surface area contributed by atoms with Crippen molar-refractivity contribution in [3.8, 4) is 0 Å². The Hall–Kier alpha value is -1.40. The van der Waals surface area contributed by atoms with Gasteiger partial charge in [-0.15, -0.1) is 0 Å². The summed E-state index contributed by atoms with van der Waals surface area (Å²) in [5.41, 5.74) is 0.238. The van der Waals surface area contributed by atoms with Crippen molar-refractivity contribution in [3.63, 3.8) is 0 Å². The van der Waals surface area contributed by atoms with Crippen molar-refractivity contribution < 1.29 is 0 Å². The summed E-state index contributed by atoms with van der Waals surface area (Å²) in [4.78, 5) is 27.8. The van der Waals surface area contributed by atoms with Gasteiger partial charge in [-0.1, -0.05) is 12.8 Å². The van der Waals surface area contributed by atoms with Crippen LogP contribution in [0.3, 0.4) is 0 Å². The molecule has 0 bridgehead atoms. The van der Waals surface area contributed by atoms with Crippen molar-refractivity contribution >= 4 is 11.4 Å². The van der Waals surface area contributed by atoms with E-state index >= 15 is 0 Å². The molecule has 22 heavy (non-hydrogen) atoms. The van der Waals surface area contributed by atoms with E-state index in [0.717, 1.165) is 19.4 Å². The van der Waals surface area contributed by atoms with E-state index in [1.165, 1.54) is 12.8 Å². The molecule has 0 amide bonds. The molecular formula is C16H28N4O2. The molecule has 6 nitrogen and oxygen atoms in total. The van der Waals surface area contributed by atoms with Crippen LogP contribution >= 0.6 is 0 Å². The average molecular weight is 308 g/mol. The third kappa shape index (κ3) is 3.33. The molecule has 6 heteroatoms. The SMILES string of the molecule is CN(C)CCNc1c(NCC2(N(C)C)CCCC2)c(=O)c1=O. The molecule has 1 aliphatic carbocycles. The fraction of sp³-hybridized carbons (Fsp3) is 0.750. The van der Waals surface area contributed by atoms with Crippen LogP contribution in [-0.4, -0.2) is 63.2 Å². The topological polar surface area (TPSA) is 64.7 Å². The van der Waals surface area contributed by atoms with Gasteiger partial charge in [-0.25, -0.2) is 0 Å². The third-order valence-electron chi connectivity index (χ3n) is 4.85. The van der Waals surface area contributed by atoms with Crippen LogP contribution in [0.1, 0.15) is 25.7 Å². The minimum Gasteiger partial charge on any atom is -0.379 e. The summed E-state index contributed by atoms with van der Waals surface area (Å²) in [7, 11) is 8.13. The maximum Gasteiger partial charge on any atom is 0.253 e. The Morgan fingerprint density at radius 3 is 2.00 bits per heavy atom. The zero-order valence-corrected chi connectivity index (χ0v) is 14.2. The molecule has 2 rings (SSSR count). The first kappa shape index (κ1) is 17.0. The van der Waals surface area contributed by atoms with Gasteiger partial charge in [0.2, 0.25) is 0 Å². The second kappa shape index (κ2) is 6.79. The lowest BCUT2D eigenvalue weighted by molar-refractivity contribution is 0.172. The summed E-state index contributed by atoms with van der Waals surface area (Å²) in [6, 6.07) is 0. The Labute approximate surface area is 132 Å². The molecule has 1 aromatic carbocycles. The molecule has 2 N–H and O–H groups in total. The highest BCUT2D eigenvalue weighted by atomic mass is 16.2. The van der Waals surface area contributed by atoms with Crippen molar-refractivity contribution in [1.82, 2.24) is 9.80 Å². The fourth-order valence-corrected chi connectivity index (χ4v) is 3.20. The van der Waals surface area contributed by atoms with Crippen molar-refractivity contribution in [2.24, 2.45) is 0 Å². The summed E-state index contributed by atoms with van der Waals surface area (Å²) in [6.07, 6.45) is 4.71. The van der Waals surface area contributed by atoms with Crippen molar-refractivity contribution in [1.29, 1.82) is 0 Å². The van der Waals surface area contributed by atoms with Gasteiger partial charge in [-0.05, 0) is 41.0 Å². The van der Waals surface area contributed by atoms with Gasteiger partial charge >= 0.3 is 0 Å². The zero-order chi connectivity index (χ0) is 16.3. The maximum atomic E-state index is 11.8. The lowest BCUT2D eigenvalue weighted by Gasteiger charge is -2.37. The zero-order valence-electron chi connectivity index (χ0n) is 14.2. The Balaban J connectivity index is 1.99. The van der Waals surface area contributed by atoms with E-state index in [9.17, 15) is 9.59 Å². The van der Waals surface area contributed by atoms with Gasteiger partial charge in [0, 0.05) is 25.2 Å². The Morgan fingerprint density at radius 2 is 1.50 bits per heavy atom. The van der Waals surface area contributed by atoms with E-state index in [2.05, 4.69) is 29.6 Å². The molecule has 0 atom stereocenters. The monoisotopic (exact) mass is 308 g/mol. The maximum absolute atomic E-state index is 11.8. The molecule has 0 aliphatic heterocycles. The van der Waals surface area contributed by atoms with Crippen LogP contribution in [0.5, 0.6) is 0 Å². The van der Waals surface area contributed by atoms with Gasteiger partial charge in [0.15, 0.2) is 0 Å². The van der Waals surface area contributed by atoms with E-state index < -0.39 is 5.43 Å². The van der Waals surface area contributed by atoms with E-state index in [4.69, 9.17) is 0 Å². The van der Waals surface area contributed by atoms with Crippen LogP contribution in [-0.2, 0) is 0 Å². The van der Waals surface area contributed by atoms with Gasteiger partial charge in [0.25, 0.3) is 10.9 Å². The third-order valence-corrected chi connectivity index (χ3v) is 4.85. The van der Waals surface area contributed by atoms with Crippen LogP contribution in [0, 0.1) is 0 Å². The Morgan fingerprint density at radius 1 is 0.955 bits per heavy atom. The summed E-state index contributed by atoms with van der Waals surface area (Å²) < 4.78 is 0. The van der Waals surface area contributed by atoms with E-state index in [1.54, 1.807) is 0 Å². The number of rotatable bonds is 8. The highest BCUT2D eigenvalue weighted by molar-refractivity contribution is 5.74. The predicted molar refractivity (Wildman–Crippen MR) is 91.8 cm³/mol. The molecule has 1 aliphatic rings. The number of anilines is 2. The number of nitrogens with one attached hydrogen (secondary N) is 2. The molecule has 0 spiro atoms. The number of hydrogen-bond acceptors (Lipinski definition) is 6. The lowest BCUT2D eigenvalue weighted by Crippen LogP contribution is -2.49. The first-order valence-corrected chi connectivity index (χ1v) is 8.00. The first-order chi connectivity index (χ1) is 10.4. The highest BCUT2D eigenvalue weighted by Gasteiger charge is 2.36. The number of likely N-dealkylation sites (N-methyl/N-ethyl adjacent to an activating group) is 2. The molecule has 0 aromatic heterocycles. The van der Waals surface area contributed by atoms with Crippen molar-refractivity contribution in [3.05, 3.63) is 20.4 Å². The normalized spacial score (nSPS) is 17.5. The predicted octanol–water partition coefficient (Wildman–Crippen LogP) is 0.542. The van der Waals surface area contributed by atoms with E-state index in [-0.39, 0.29) is 11.0 Å². The smallest absolute Gasteiger partial charge is 0.253 e. The second-order valence-electron chi connectivity index (χ2n) is 6.82. The van der Waals surface area contributed by atoms with Crippen molar-refractivity contribution in [2.75, 3.05) is 58.5 Å². The van der Waals surface area contributed by atoms with Crippen LogP contribution < -0.4 is 21.5 Å². The quantitative estimate of drug-likeness (QED) is 0.684. The van der Waals surface area contributed by atoms with Gasteiger partial charge in [0.05, 0.1) is 0 Å². The van der Waals surface area contributed by atoms with E-state index in [1.807, 2.05) is 19.0 Å². The van der Waals surface area contributed by atoms with Crippen LogP contribution in [0.2, 0.25) is 0 Å². The molecule has 124 valence electrons. The number of hydrogen-bond donors (Lipinski definition) is 2. The minimum atomic E-state index is -0.397. The standard InChI is InChI=1S/C16H28N4O2/c1-19(2)10-9-17-12-13(15(22)14(12)21)18-11-16(20(3)4)7-5-6-8-16/h17-18H,5-11H2,1-4H3. The summed E-state index contributed by atoms with van der Waals surface area (Å²) in [5, 5.41) is 6.33. The molecule has 0 saturated heterocycles. The summed E-state index contributed by atoms with van der Waals surface area (Å²) in [5.74, 6) is 0. The number of nitrogens with zero attached hydrogens (tertiary/aromatic N) is 2. The molecular weight excluding hydrogens is 280 g/mol. The Bertz CT molecular complexity index is 567. The highest BCUT2D eigenvalue weighted by Crippen LogP contribution is 2.34. The summed E-state index contributed by atoms with van der Waals surface area (Å²) in [6.45, 7) is 2.19. The van der Waals surface area contributed by atoms with Gasteiger partial charge in [-0.3, -0.25) is 9.59 Å². The molecule has 1 fully saturated rings. The fourth-order valence-electron chi connectivity index (χ4n) is 3.20. The van der Waals surface area contributed by atoms with Gasteiger partial charge in [-0.2, -0.15) is 0 Å². The molecule has 1 aromatic rings. The van der Waals surface area contributed by atoms with Crippen molar-refractivity contribution in [2.45, 2.75) is 31.2 Å². The van der Waals surface area contributed by atoms with Gasteiger partial charge in [0.1, 0.15) is 11.4 Å². The summed E-state index contributed by atoms with van der Waals surface area (Å²) >= 11 is 0. The molecule has 0 unspecified atom stereocenters. The van der Waals surface area contributed by atoms with Crippen LogP contribution in [0.25, 0.3) is 0 Å². The van der Waals surface area contributed by atoms with E-state index in [0.29, 0.717) is 24.5 Å². The van der Waals surface area contributed by atoms with Crippen LogP contribution in [0.15, 0.2) is 9.59 Å². The minimum absolute atomic E-state index is 0.0979. The lowest BCUT2D eigenvalue weighted by atomic mass is 9.95. The van der Waals surface area contributed by atoms with Crippen LogP contribution in [0.4, 0.5) is 11.4 Å².